The van der Waals surface area contributed by atoms with Crippen molar-refractivity contribution in [3.05, 3.63) is 439 Å². The van der Waals surface area contributed by atoms with Crippen LogP contribution in [0.25, 0.3) is 128 Å². The predicted molar refractivity (Wildman–Crippen MR) is 468 cm³/mol. The highest BCUT2D eigenvalue weighted by molar-refractivity contribution is 5.90. The van der Waals surface area contributed by atoms with Crippen molar-refractivity contribution in [1.29, 1.82) is 52.6 Å². The number of hydrogen-bond donors (Lipinski definition) is 0. The maximum Gasteiger partial charge on any atom is 0.417 e. The number of hydrogen-bond acceptors (Lipinski definition) is 10. The van der Waals surface area contributed by atoms with Gasteiger partial charge >= 0.3 is 18.5 Å². The molecule has 0 heterocycles. The molecule has 0 radical (unpaired) electrons. The van der Waals surface area contributed by atoms with Crippen molar-refractivity contribution in [2.75, 3.05) is 0 Å². The zero-order valence-electron chi connectivity index (χ0n) is 72.9. The minimum absolute atomic E-state index is 0.0142. The molecule has 0 saturated carbocycles. The molecule has 12 rings (SSSR count). The molecule has 714 valence electrons. The van der Waals surface area contributed by atoms with Crippen LogP contribution in [-0.4, -0.2) is 0 Å². The molecule has 12 aromatic carbocycles. The molecule has 0 aliphatic rings. The zero-order chi connectivity index (χ0) is 110. The third-order valence-corrected chi connectivity index (χ3v) is 21.0. The Balaban J connectivity index is 0.000000218. The van der Waals surface area contributed by atoms with Crippen LogP contribution in [0.15, 0.2) is 146 Å². The van der Waals surface area contributed by atoms with Gasteiger partial charge in [0.05, 0.1) is 155 Å². The second-order valence-electron chi connectivity index (χ2n) is 29.2. The maximum atomic E-state index is 14.8. The van der Waals surface area contributed by atoms with Gasteiger partial charge in [0, 0.05) is 32.0 Å². The minimum atomic E-state index is -5.34. The Morgan fingerprint density at radius 2 is 0.565 bits per heavy atom. The van der Waals surface area contributed by atoms with Gasteiger partial charge in [0.15, 0.2) is 93.1 Å². The van der Waals surface area contributed by atoms with Crippen molar-refractivity contribution >= 4 is 67.8 Å². The van der Waals surface area contributed by atoms with Crippen LogP contribution < -0.4 is 41.7 Å². The van der Waals surface area contributed by atoms with E-state index >= 15 is 0 Å². The van der Waals surface area contributed by atoms with Crippen LogP contribution >= 0.6 is 0 Å². The van der Waals surface area contributed by atoms with E-state index in [1.54, 1.807) is 62.4 Å². The summed E-state index contributed by atoms with van der Waals surface area (Å²) in [5.41, 5.74) is -23.6. The van der Waals surface area contributed by atoms with Crippen LogP contribution in [0.1, 0.15) is 66.8 Å². The molecule has 0 aliphatic carbocycles. The van der Waals surface area contributed by atoms with Crippen LogP contribution in [0.4, 0.5) is 133 Å². The fraction of sp³-hybridized carbons (Fsp3) is 0.0577. The summed E-state index contributed by atoms with van der Waals surface area (Å²) >= 11 is 0. The van der Waals surface area contributed by atoms with Gasteiger partial charge in [-0.25, -0.2) is 130 Å². The number of benzene rings is 12. The summed E-state index contributed by atoms with van der Waals surface area (Å²) in [6.45, 7) is 60.0. The molecule has 0 aromatic heterocycles. The Morgan fingerprint density at radius 1 is 0.259 bits per heavy atom. The molecule has 147 heavy (non-hydrogen) atoms. The average molecular weight is 2010 g/mol. The maximum absolute atomic E-state index is 14.8. The number of alkyl halides is 9. The molecule has 0 N–H and O–H groups in total. The Morgan fingerprint density at radius 3 is 0.844 bits per heavy atom. The van der Waals surface area contributed by atoms with Gasteiger partial charge in [0.25, 0.3) is 45.5 Å². The number of aryl methyl sites for hydroxylation is 3. The van der Waals surface area contributed by atoms with E-state index in [0.717, 1.165) is 42.5 Å². The molecule has 0 bridgehead atoms. The van der Waals surface area contributed by atoms with Crippen molar-refractivity contribution in [3.63, 3.8) is 0 Å². The van der Waals surface area contributed by atoms with E-state index in [4.69, 9.17) is 57.8 Å². The standard InChI is InChI=1S/C26H6F10N4.C26H9F7N4.2C26H9F4N5/c1-39-18(10-38)11-3-5-13(16(9-37)19-20(27)22(29)24(40-2)23(30)21(19)28)14(7-11)15-8-12(25(31,32)33)4-6-17(15)26(34,35)36;1-12-4-5-13(9-18(12)26(31,32)33)16-8-14(19(11-35)36-2)6-7-15(16)17(10-34)20-21(27)23(29)25(37-3)24(30)22(20)28;1-13-4-6-16(15(8-13)10-31)18-9-14(20(12-33)34-2)5-7-17(18)19(11-32)21-22(27)24(29)26(35-3)25(30)23(21)28;1-13-5-4-6-15(18(13)10-31)17-9-14(20(12-33)34-2)7-8-16(17)19(11-32)21-22(27)24(29)26(35-3)25(30)23(21)28/h3-8H;4-9H,1H3;2*4-9H,1H3/b16-13+,18-11+;17-15+,19-14+;19-17+,20-14+;19-16+,20-14+. The van der Waals surface area contributed by atoms with Crippen molar-refractivity contribution in [2.45, 2.75) is 39.3 Å². The molecule has 0 saturated heterocycles. The first-order chi connectivity index (χ1) is 69.5. The first kappa shape index (κ1) is 109. The van der Waals surface area contributed by atoms with E-state index in [1.807, 2.05) is 12.1 Å². The molecule has 43 heteroatoms. The van der Waals surface area contributed by atoms with E-state index in [-0.39, 0.29) is 106 Å². The monoisotopic (exact) mass is 2010 g/mol. The highest BCUT2D eigenvalue weighted by Gasteiger charge is 2.40. The van der Waals surface area contributed by atoms with Crippen molar-refractivity contribution in [3.8, 4) is 105 Å². The summed E-state index contributed by atoms with van der Waals surface area (Å²) in [6, 6.07) is 41.0. The van der Waals surface area contributed by atoms with Crippen LogP contribution in [0, 0.1) is 280 Å². The van der Waals surface area contributed by atoms with Crippen molar-refractivity contribution in [1.82, 2.24) is 0 Å². The van der Waals surface area contributed by atoms with Crippen molar-refractivity contribution in [2.24, 2.45) is 0 Å². The summed E-state index contributed by atoms with van der Waals surface area (Å²) in [7, 11) is 0. The average Bonchev–Trinajstić information content (AvgIpc) is 0.750. The Kier molecular flexibility index (Phi) is 33.2. The van der Waals surface area contributed by atoms with Gasteiger partial charge in [-0.1, -0.05) is 115 Å². The van der Waals surface area contributed by atoms with Gasteiger partial charge in [0.1, 0.15) is 30.3 Å². The number of nitrogens with zero attached hydrogens (tertiary/aromatic N) is 18. The summed E-state index contributed by atoms with van der Waals surface area (Å²) < 4.78 is 356. The highest BCUT2D eigenvalue weighted by Crippen LogP contribution is 2.44. The molecule has 0 spiro atoms. The fourth-order valence-electron chi connectivity index (χ4n) is 14.2. The lowest BCUT2D eigenvalue weighted by atomic mass is 9.91. The molecular weight excluding hydrogens is 1980 g/mol. The molecule has 0 fully saturated rings. The third kappa shape index (κ3) is 21.2. The fourth-order valence-corrected chi connectivity index (χ4v) is 14.2. The van der Waals surface area contributed by atoms with Gasteiger partial charge < -0.3 is 0 Å². The van der Waals surface area contributed by atoms with Crippen LogP contribution in [-0.2, 0) is 18.5 Å². The molecule has 0 amide bonds. The lowest BCUT2D eigenvalue weighted by Gasteiger charge is -2.17. The molecular formula is C104H33F25N18. The van der Waals surface area contributed by atoms with Crippen LogP contribution in [0.2, 0.25) is 0 Å². The second-order valence-corrected chi connectivity index (χ2v) is 29.2. The Hall–Kier alpha value is -21.3. The van der Waals surface area contributed by atoms with E-state index in [9.17, 15) is 157 Å². The zero-order valence-corrected chi connectivity index (χ0v) is 72.9. The summed E-state index contributed by atoms with van der Waals surface area (Å²) in [5.74, 6) is -32.8. The summed E-state index contributed by atoms with van der Waals surface area (Å²) in [6.07, 6.45) is -15.3. The van der Waals surface area contributed by atoms with E-state index in [2.05, 4.69) is 38.8 Å². The molecule has 18 nitrogen and oxygen atoms in total. The second kappa shape index (κ2) is 44.6. The lowest BCUT2D eigenvalue weighted by Crippen LogP contribution is -2.20. The van der Waals surface area contributed by atoms with Gasteiger partial charge in [-0.2, -0.15) is 71.1 Å². The largest absolute Gasteiger partial charge is 0.417 e. The normalized spacial score (nSPS) is 12.3. The van der Waals surface area contributed by atoms with Crippen molar-refractivity contribution < 1.29 is 110 Å². The van der Waals surface area contributed by atoms with E-state index < -0.39 is 234 Å². The van der Waals surface area contributed by atoms with Gasteiger partial charge in [-0.3, -0.25) is 0 Å². The lowest BCUT2D eigenvalue weighted by molar-refractivity contribution is -0.141. The van der Waals surface area contributed by atoms with Crippen LogP contribution in [0.3, 0.4) is 0 Å². The van der Waals surface area contributed by atoms with Crippen LogP contribution in [0.5, 0.6) is 0 Å². The summed E-state index contributed by atoms with van der Waals surface area (Å²) in [5, 5.41) is 93.1. The van der Waals surface area contributed by atoms with E-state index in [0.29, 0.717) is 29.3 Å². The third-order valence-electron chi connectivity index (χ3n) is 21.0. The highest BCUT2D eigenvalue weighted by atomic mass is 19.4. The SMILES string of the molecule is [C-]#[N+]/C(C#N)=c1\cc/c(=C(/C#N)c2c(F)c(F)c([N+]#[C-])c(F)c2F)c(-c2cc(C(F)(F)F)ccc2C(F)(F)F)c1.[C-]#[N+]/C(C#N)=c1\cc/c(=C(/C#N)c2c(F)c(F)c([N+]#[C-])c(F)c2F)c(-c2ccc(C)c(C(F)(F)F)c2)c1.[C-]#[N+]/C(C#N)=c1\cc/c(=C(/C#N)c2c(F)c(F)c([N+]#[C-])c(F)c2F)c(-c2ccc(C)cc2C#N)c1.[C-]#[N+]/C(C#N)=c1\cc/c(=C(/C#N)c2c(F)c(F)c([N+]#[C-])c(F)c2F)c(-c2cccc(C)c2C#N)c1. The first-order valence-corrected chi connectivity index (χ1v) is 39.2. The summed E-state index contributed by atoms with van der Waals surface area (Å²) in [4.78, 5) is 21.7. The van der Waals surface area contributed by atoms with Gasteiger partial charge in [0.2, 0.25) is 0 Å². The van der Waals surface area contributed by atoms with Gasteiger partial charge in [-0.15, -0.1) is 0 Å². The smallest absolute Gasteiger partial charge is 0.232 e. The topological polar surface area (TPSA) is 273 Å². The predicted octanol–water partition coefficient (Wildman–Crippen LogP) is 22.7. The molecule has 0 aliphatic heterocycles. The Labute approximate surface area is 809 Å². The minimum Gasteiger partial charge on any atom is -0.232 e. The van der Waals surface area contributed by atoms with E-state index in [1.165, 1.54) is 73.7 Å². The van der Waals surface area contributed by atoms with Gasteiger partial charge in [-0.05, 0) is 122 Å². The quantitative estimate of drug-likeness (QED) is 0.0788. The molecule has 0 atom stereocenters. The Bertz CT molecular complexity index is 9070. The number of rotatable bonds is 8. The molecule has 0 unspecified atom stereocenters. The molecule has 12 aromatic rings. The number of halogens is 25. The number of nitriles is 10. The first-order valence-electron chi connectivity index (χ1n) is 39.2.